The summed E-state index contributed by atoms with van der Waals surface area (Å²) in [5, 5.41) is 5.58. The molecule has 0 bridgehead atoms. The number of rotatable bonds is 12. The van der Waals surface area contributed by atoms with Crippen molar-refractivity contribution in [3.8, 4) is 0 Å². The van der Waals surface area contributed by atoms with Gasteiger partial charge in [0.15, 0.2) is 0 Å². The Kier molecular flexibility index (Phi) is 12.7. The highest BCUT2D eigenvalue weighted by atomic mass is 16.6. The molecule has 9 nitrogen and oxygen atoms in total. The lowest BCUT2D eigenvalue weighted by Gasteiger charge is -2.35. The van der Waals surface area contributed by atoms with E-state index in [4.69, 9.17) is 9.47 Å². The van der Waals surface area contributed by atoms with Crippen molar-refractivity contribution in [3.63, 3.8) is 0 Å². The van der Waals surface area contributed by atoms with Gasteiger partial charge < -0.3 is 25.0 Å². The van der Waals surface area contributed by atoms with Gasteiger partial charge in [0, 0.05) is 13.0 Å². The van der Waals surface area contributed by atoms with E-state index in [2.05, 4.69) is 17.2 Å². The number of hydrogen-bond donors (Lipinski definition) is 2. The molecule has 3 atom stereocenters. The second kappa shape index (κ2) is 15.5. The third-order valence-corrected chi connectivity index (χ3v) is 6.42. The summed E-state index contributed by atoms with van der Waals surface area (Å²) in [6.07, 6.45) is 0.966. The highest BCUT2D eigenvalue weighted by Gasteiger charge is 2.39. The fourth-order valence-electron chi connectivity index (χ4n) is 4.57. The van der Waals surface area contributed by atoms with Gasteiger partial charge in [-0.15, -0.1) is 6.58 Å². The van der Waals surface area contributed by atoms with Gasteiger partial charge in [0.2, 0.25) is 11.8 Å². The summed E-state index contributed by atoms with van der Waals surface area (Å²) in [6.45, 7) is 19.8. The first-order valence-electron chi connectivity index (χ1n) is 15.0. The number of amides is 3. The Labute approximate surface area is 262 Å². The number of hydrogen-bond acceptors (Lipinski definition) is 6. The van der Waals surface area contributed by atoms with Crippen molar-refractivity contribution in [3.05, 3.63) is 83.9 Å². The average molecular weight is 608 g/mol. The van der Waals surface area contributed by atoms with Crippen LogP contribution in [0.1, 0.15) is 78.1 Å². The van der Waals surface area contributed by atoms with Crippen molar-refractivity contribution in [2.24, 2.45) is 5.92 Å². The normalized spacial score (nSPS) is 13.7. The Bertz CT molecular complexity index is 1290. The third-order valence-electron chi connectivity index (χ3n) is 6.42. The number of nitrogens with one attached hydrogen (secondary N) is 2. The van der Waals surface area contributed by atoms with Crippen LogP contribution in [0.5, 0.6) is 0 Å². The van der Waals surface area contributed by atoms with Gasteiger partial charge in [-0.25, -0.2) is 9.59 Å². The highest BCUT2D eigenvalue weighted by molar-refractivity contribution is 5.94. The highest BCUT2D eigenvalue weighted by Crippen LogP contribution is 2.25. The van der Waals surface area contributed by atoms with E-state index in [0.717, 1.165) is 11.1 Å². The summed E-state index contributed by atoms with van der Waals surface area (Å²) in [5.74, 6) is -2.00. The van der Waals surface area contributed by atoms with Gasteiger partial charge in [-0.1, -0.05) is 80.1 Å². The Hall–Kier alpha value is -4.14. The van der Waals surface area contributed by atoms with Crippen molar-refractivity contribution in [2.75, 3.05) is 6.54 Å². The summed E-state index contributed by atoms with van der Waals surface area (Å²) < 4.78 is 11.1. The minimum atomic E-state index is -1.15. The van der Waals surface area contributed by atoms with Crippen LogP contribution in [0.15, 0.2) is 67.3 Å². The molecule has 0 spiro atoms. The lowest BCUT2D eigenvalue weighted by atomic mass is 9.97. The zero-order chi connectivity index (χ0) is 33.2. The molecule has 0 aromatic heterocycles. The van der Waals surface area contributed by atoms with E-state index in [1.165, 1.54) is 11.0 Å². The van der Waals surface area contributed by atoms with E-state index in [9.17, 15) is 19.2 Å². The number of aryl methyl sites for hydroxylation is 1. The van der Waals surface area contributed by atoms with Crippen LogP contribution in [0.3, 0.4) is 0 Å². The van der Waals surface area contributed by atoms with Crippen LogP contribution in [-0.2, 0) is 30.3 Å². The second-order valence-electron chi connectivity index (χ2n) is 13.2. The summed E-state index contributed by atoms with van der Waals surface area (Å²) in [7, 11) is 0. The van der Waals surface area contributed by atoms with Crippen molar-refractivity contribution in [2.45, 2.75) is 98.1 Å². The predicted octanol–water partition coefficient (Wildman–Crippen LogP) is 5.67. The van der Waals surface area contributed by atoms with Gasteiger partial charge in [0.25, 0.3) is 0 Å². The molecule has 240 valence electrons. The minimum Gasteiger partial charge on any atom is -0.458 e. The molecule has 2 rings (SSSR count). The Morgan fingerprint density at radius 3 is 2.02 bits per heavy atom. The van der Waals surface area contributed by atoms with Crippen LogP contribution >= 0.6 is 0 Å². The van der Waals surface area contributed by atoms with Gasteiger partial charge in [-0.05, 0) is 65.5 Å². The van der Waals surface area contributed by atoms with Gasteiger partial charge in [0.1, 0.15) is 29.3 Å². The molecule has 44 heavy (non-hydrogen) atoms. The first kappa shape index (κ1) is 36.1. The SMILES string of the molecule is C=CCN(C(=O)C(NC(=O)OC(C)(C)C)C(C)C)C(C(=O)NC(Cc1ccccc1)C(=O)OC(C)(C)C)c1cccc(C)c1. The fraction of sp³-hybridized carbons (Fsp3) is 0.486. The van der Waals surface area contributed by atoms with E-state index < -0.39 is 53.2 Å². The maximum Gasteiger partial charge on any atom is 0.408 e. The summed E-state index contributed by atoms with van der Waals surface area (Å²) in [5.41, 5.74) is 0.701. The molecule has 0 saturated heterocycles. The Morgan fingerprint density at radius 1 is 0.886 bits per heavy atom. The molecule has 9 heteroatoms. The molecule has 0 fully saturated rings. The predicted molar refractivity (Wildman–Crippen MR) is 172 cm³/mol. The van der Waals surface area contributed by atoms with Crippen LogP contribution in [0.25, 0.3) is 0 Å². The van der Waals surface area contributed by atoms with Crippen LogP contribution in [0.4, 0.5) is 4.79 Å². The maximum atomic E-state index is 14.3. The first-order chi connectivity index (χ1) is 20.4. The topological polar surface area (TPSA) is 114 Å². The van der Waals surface area contributed by atoms with Crippen molar-refractivity contribution < 1.29 is 28.7 Å². The molecular weight excluding hydrogens is 558 g/mol. The standard InChI is InChI=1S/C35H49N3O6/c1-11-20-38(31(40)28(23(2)3)37-33(42)44-35(8,9)10)29(26-19-15-16-24(4)21-26)30(39)36-27(32(41)43-34(5,6)7)22-25-17-13-12-14-18-25/h11-19,21,23,27-29H,1,20,22H2,2-10H3,(H,36,39)(H,37,42). The van der Waals surface area contributed by atoms with Gasteiger partial charge in [-0.3, -0.25) is 9.59 Å². The number of benzene rings is 2. The lowest BCUT2D eigenvalue weighted by Crippen LogP contribution is -2.56. The van der Waals surface area contributed by atoms with Crippen LogP contribution in [-0.4, -0.2) is 58.6 Å². The monoisotopic (exact) mass is 607 g/mol. The average Bonchev–Trinajstić information content (AvgIpc) is 2.89. The van der Waals surface area contributed by atoms with Gasteiger partial charge >= 0.3 is 12.1 Å². The van der Waals surface area contributed by atoms with Crippen molar-refractivity contribution >= 4 is 23.9 Å². The first-order valence-corrected chi connectivity index (χ1v) is 15.0. The molecule has 2 N–H and O–H groups in total. The van der Waals surface area contributed by atoms with Crippen LogP contribution < -0.4 is 10.6 Å². The number of carbonyl (C=O) groups excluding carboxylic acids is 4. The quantitative estimate of drug-likeness (QED) is 0.238. The molecular formula is C35H49N3O6. The number of esters is 1. The Morgan fingerprint density at radius 2 is 1.50 bits per heavy atom. The van der Waals surface area contributed by atoms with Gasteiger partial charge in [0.05, 0.1) is 0 Å². The molecule has 2 aromatic rings. The van der Waals surface area contributed by atoms with E-state index >= 15 is 0 Å². The van der Waals surface area contributed by atoms with Crippen LogP contribution in [0.2, 0.25) is 0 Å². The second-order valence-corrected chi connectivity index (χ2v) is 13.2. The van der Waals surface area contributed by atoms with Crippen LogP contribution in [0, 0.1) is 12.8 Å². The number of alkyl carbamates (subject to hydrolysis) is 1. The van der Waals surface area contributed by atoms with Crippen molar-refractivity contribution in [1.29, 1.82) is 0 Å². The number of nitrogens with zero attached hydrogens (tertiary/aromatic N) is 1. The number of ether oxygens (including phenoxy) is 2. The molecule has 0 aliphatic rings. The zero-order valence-electron chi connectivity index (χ0n) is 27.6. The lowest BCUT2D eigenvalue weighted by molar-refractivity contribution is -0.159. The Balaban J connectivity index is 2.57. The molecule has 0 aliphatic carbocycles. The summed E-state index contributed by atoms with van der Waals surface area (Å²) in [6, 6.07) is 13.4. The molecule has 0 radical (unpaired) electrons. The van der Waals surface area contributed by atoms with Gasteiger partial charge in [-0.2, -0.15) is 0 Å². The maximum absolute atomic E-state index is 14.3. The van der Waals surface area contributed by atoms with Crippen molar-refractivity contribution in [1.82, 2.24) is 15.5 Å². The van der Waals surface area contributed by atoms with E-state index in [1.54, 1.807) is 67.5 Å². The van der Waals surface area contributed by atoms with E-state index in [1.807, 2.05) is 49.4 Å². The largest absolute Gasteiger partial charge is 0.458 e. The minimum absolute atomic E-state index is 0.000129. The molecule has 0 heterocycles. The molecule has 3 unspecified atom stereocenters. The molecule has 0 aliphatic heterocycles. The van der Waals surface area contributed by atoms with E-state index in [-0.39, 0.29) is 18.9 Å². The third kappa shape index (κ3) is 11.5. The zero-order valence-corrected chi connectivity index (χ0v) is 27.6. The van der Waals surface area contributed by atoms with E-state index in [0.29, 0.717) is 5.56 Å². The fourth-order valence-corrected chi connectivity index (χ4v) is 4.57. The molecule has 2 aromatic carbocycles. The molecule has 0 saturated carbocycles. The number of carbonyl (C=O) groups is 4. The summed E-state index contributed by atoms with van der Waals surface area (Å²) in [4.78, 5) is 56.0. The molecule has 3 amide bonds. The smallest absolute Gasteiger partial charge is 0.408 e. The summed E-state index contributed by atoms with van der Waals surface area (Å²) >= 11 is 0.